The maximum atomic E-state index is 10.6. The normalized spacial score (nSPS) is 17.1. The van der Waals surface area contributed by atoms with Crippen molar-refractivity contribution in [2.75, 3.05) is 20.3 Å². The van der Waals surface area contributed by atoms with Crippen molar-refractivity contribution in [1.82, 2.24) is 5.32 Å². The van der Waals surface area contributed by atoms with Crippen molar-refractivity contribution in [2.24, 2.45) is 5.92 Å². The van der Waals surface area contributed by atoms with Gasteiger partial charge in [0.2, 0.25) is 0 Å². The molecule has 3 N–H and O–H groups in total. The number of hydrogen-bond acceptors (Lipinski definition) is 4. The molecule has 0 spiro atoms. The highest BCUT2D eigenvalue weighted by molar-refractivity contribution is 5.70. The van der Waals surface area contributed by atoms with E-state index in [1.165, 1.54) is 7.11 Å². The van der Waals surface area contributed by atoms with Crippen LogP contribution in [0.25, 0.3) is 0 Å². The molecule has 15 heavy (non-hydrogen) atoms. The van der Waals surface area contributed by atoms with Gasteiger partial charge in [0.05, 0.1) is 18.6 Å². The Hall–Kier alpha value is -0.650. The lowest BCUT2D eigenvalue weighted by atomic mass is 10.0. The third-order valence-corrected chi connectivity index (χ3v) is 2.44. The molecule has 0 aliphatic rings. The van der Waals surface area contributed by atoms with E-state index in [0.29, 0.717) is 19.6 Å². The minimum atomic E-state index is -0.813. The van der Waals surface area contributed by atoms with Gasteiger partial charge < -0.3 is 20.3 Å². The van der Waals surface area contributed by atoms with Crippen LogP contribution in [0, 0.1) is 5.92 Å². The smallest absolute Gasteiger partial charge is 0.307 e. The average molecular weight is 219 g/mol. The van der Waals surface area contributed by atoms with Gasteiger partial charge in [-0.1, -0.05) is 6.92 Å². The molecule has 0 aromatic rings. The average Bonchev–Trinajstić information content (AvgIpc) is 2.16. The van der Waals surface area contributed by atoms with Crippen LogP contribution in [0.2, 0.25) is 0 Å². The van der Waals surface area contributed by atoms with E-state index in [2.05, 4.69) is 5.32 Å². The van der Waals surface area contributed by atoms with E-state index in [4.69, 9.17) is 9.84 Å². The molecule has 0 aliphatic heterocycles. The van der Waals surface area contributed by atoms with Crippen LogP contribution in [-0.4, -0.2) is 48.6 Å². The number of methoxy groups -OCH3 is 1. The van der Waals surface area contributed by atoms with Gasteiger partial charge in [0.25, 0.3) is 0 Å². The van der Waals surface area contributed by atoms with Crippen LogP contribution < -0.4 is 5.32 Å². The first-order valence-corrected chi connectivity index (χ1v) is 5.12. The minimum absolute atomic E-state index is 0.0998. The zero-order valence-electron chi connectivity index (χ0n) is 9.56. The van der Waals surface area contributed by atoms with Crippen LogP contribution >= 0.6 is 0 Å². The summed E-state index contributed by atoms with van der Waals surface area (Å²) in [6.45, 7) is 4.38. The second-order valence-corrected chi connectivity index (χ2v) is 3.77. The fraction of sp³-hybridized carbons (Fsp3) is 0.900. The number of ether oxygens (including phenoxy) is 1. The van der Waals surface area contributed by atoms with Gasteiger partial charge in [-0.25, -0.2) is 0 Å². The number of aliphatic carboxylic acids is 1. The highest BCUT2D eigenvalue weighted by Gasteiger charge is 2.18. The van der Waals surface area contributed by atoms with Crippen LogP contribution in [0.1, 0.15) is 20.3 Å². The van der Waals surface area contributed by atoms with Crippen LogP contribution in [0.3, 0.4) is 0 Å². The van der Waals surface area contributed by atoms with Crippen molar-refractivity contribution in [3.8, 4) is 0 Å². The van der Waals surface area contributed by atoms with Crippen LogP contribution in [0.5, 0.6) is 0 Å². The van der Waals surface area contributed by atoms with Crippen molar-refractivity contribution < 1.29 is 19.7 Å². The lowest BCUT2D eigenvalue weighted by Crippen LogP contribution is -2.37. The predicted octanol–water partition coefficient (Wildman–Crippen LogP) is 0.0826. The van der Waals surface area contributed by atoms with Gasteiger partial charge in [-0.05, 0) is 19.9 Å². The van der Waals surface area contributed by atoms with Crippen LogP contribution in [-0.2, 0) is 9.53 Å². The van der Waals surface area contributed by atoms with Crippen LogP contribution in [0.15, 0.2) is 0 Å². The van der Waals surface area contributed by atoms with Gasteiger partial charge in [0.15, 0.2) is 0 Å². The molecule has 90 valence electrons. The number of aliphatic hydroxyl groups is 1. The summed E-state index contributed by atoms with van der Waals surface area (Å²) in [5, 5.41) is 21.1. The first kappa shape index (κ1) is 14.3. The van der Waals surface area contributed by atoms with E-state index >= 15 is 0 Å². The van der Waals surface area contributed by atoms with Gasteiger partial charge in [-0.2, -0.15) is 0 Å². The van der Waals surface area contributed by atoms with Gasteiger partial charge in [-0.3, -0.25) is 4.79 Å². The summed E-state index contributed by atoms with van der Waals surface area (Å²) in [5.41, 5.74) is 0. The molecule has 0 radical (unpaired) electrons. The van der Waals surface area contributed by atoms with Crippen molar-refractivity contribution in [3.05, 3.63) is 0 Å². The number of hydrogen-bond donors (Lipinski definition) is 3. The van der Waals surface area contributed by atoms with E-state index in [1.807, 2.05) is 6.92 Å². The topological polar surface area (TPSA) is 78.8 Å². The molecule has 0 aliphatic carbocycles. The van der Waals surface area contributed by atoms with Crippen molar-refractivity contribution >= 4 is 5.97 Å². The number of carbonyl (C=O) groups is 1. The molecular formula is C10H21NO4. The highest BCUT2D eigenvalue weighted by atomic mass is 16.5. The molecule has 0 aromatic heterocycles. The molecule has 0 amide bonds. The number of rotatable bonds is 8. The Bertz CT molecular complexity index is 186. The Labute approximate surface area is 90.4 Å². The van der Waals surface area contributed by atoms with E-state index in [-0.39, 0.29) is 6.04 Å². The van der Waals surface area contributed by atoms with Gasteiger partial charge >= 0.3 is 5.97 Å². The lowest BCUT2D eigenvalue weighted by Gasteiger charge is -2.18. The second kappa shape index (κ2) is 7.62. The zero-order chi connectivity index (χ0) is 11.8. The molecule has 0 fully saturated rings. The van der Waals surface area contributed by atoms with Gasteiger partial charge in [0.1, 0.15) is 0 Å². The largest absolute Gasteiger partial charge is 0.481 e. The van der Waals surface area contributed by atoms with Gasteiger partial charge in [-0.15, -0.1) is 0 Å². The quantitative estimate of drug-likeness (QED) is 0.539. The Kier molecular flexibility index (Phi) is 7.29. The third-order valence-electron chi connectivity index (χ3n) is 2.44. The third kappa shape index (κ3) is 6.43. The second-order valence-electron chi connectivity index (χ2n) is 3.77. The first-order valence-electron chi connectivity index (χ1n) is 5.12. The number of nitrogens with one attached hydrogen (secondary N) is 1. The SMILES string of the molecule is COCC(O)CCNC(C)C(C)C(=O)O. The lowest BCUT2D eigenvalue weighted by molar-refractivity contribution is -0.141. The zero-order valence-corrected chi connectivity index (χ0v) is 9.56. The van der Waals surface area contributed by atoms with E-state index in [0.717, 1.165) is 0 Å². The summed E-state index contributed by atoms with van der Waals surface area (Å²) in [7, 11) is 1.53. The first-order chi connectivity index (χ1) is 6.99. The molecule has 0 saturated heterocycles. The highest BCUT2D eigenvalue weighted by Crippen LogP contribution is 2.02. The Morgan fingerprint density at radius 2 is 2.07 bits per heavy atom. The molecule has 0 saturated carbocycles. The summed E-state index contributed by atoms with van der Waals surface area (Å²) >= 11 is 0. The van der Waals surface area contributed by atoms with E-state index in [9.17, 15) is 9.90 Å². The van der Waals surface area contributed by atoms with E-state index < -0.39 is 18.0 Å². The summed E-state index contributed by atoms with van der Waals surface area (Å²) in [5.74, 6) is -1.24. The predicted molar refractivity (Wildman–Crippen MR) is 56.8 cm³/mol. The standard InChI is InChI=1S/C10H21NO4/c1-7(10(13)14)8(2)11-5-4-9(12)6-15-3/h7-9,11-12H,4-6H2,1-3H3,(H,13,14). The molecule has 3 unspecified atom stereocenters. The van der Waals surface area contributed by atoms with Crippen molar-refractivity contribution in [1.29, 1.82) is 0 Å². The number of carboxylic acid groups (broad SMARTS) is 1. The van der Waals surface area contributed by atoms with Crippen LogP contribution in [0.4, 0.5) is 0 Å². The fourth-order valence-electron chi connectivity index (χ4n) is 1.14. The fourth-order valence-corrected chi connectivity index (χ4v) is 1.14. The number of carboxylic acids is 1. The van der Waals surface area contributed by atoms with Crippen molar-refractivity contribution in [2.45, 2.75) is 32.4 Å². The monoisotopic (exact) mass is 219 g/mol. The molecule has 0 heterocycles. The molecule has 3 atom stereocenters. The number of aliphatic hydroxyl groups excluding tert-OH is 1. The Balaban J connectivity index is 3.62. The van der Waals surface area contributed by atoms with Gasteiger partial charge in [0, 0.05) is 13.2 Å². The Morgan fingerprint density at radius 3 is 2.53 bits per heavy atom. The summed E-state index contributed by atoms with van der Waals surface area (Å²) < 4.78 is 4.77. The molecular weight excluding hydrogens is 198 g/mol. The summed E-state index contributed by atoms with van der Waals surface area (Å²) in [6, 6.07) is -0.0998. The maximum absolute atomic E-state index is 10.6. The Morgan fingerprint density at radius 1 is 1.47 bits per heavy atom. The molecule has 0 bridgehead atoms. The van der Waals surface area contributed by atoms with E-state index in [1.54, 1.807) is 6.92 Å². The molecule has 5 nitrogen and oxygen atoms in total. The molecule has 0 aromatic carbocycles. The minimum Gasteiger partial charge on any atom is -0.481 e. The molecule has 0 rings (SSSR count). The summed E-state index contributed by atoms with van der Waals surface area (Å²) in [4.78, 5) is 10.6. The maximum Gasteiger partial charge on any atom is 0.307 e. The van der Waals surface area contributed by atoms with Crippen molar-refractivity contribution in [3.63, 3.8) is 0 Å². The summed E-state index contributed by atoms with van der Waals surface area (Å²) in [6.07, 6.45) is 0.0691. The molecule has 5 heteroatoms.